The van der Waals surface area contributed by atoms with Gasteiger partial charge in [0.15, 0.2) is 0 Å². The summed E-state index contributed by atoms with van der Waals surface area (Å²) in [6.45, 7) is 6.91. The third-order valence-corrected chi connectivity index (χ3v) is 4.51. The lowest BCUT2D eigenvalue weighted by Crippen LogP contribution is -2.25. The van der Waals surface area contributed by atoms with Crippen LogP contribution in [0.1, 0.15) is 49.4 Å². The molecule has 0 bridgehead atoms. The van der Waals surface area contributed by atoms with E-state index in [1.54, 1.807) is 0 Å². The highest BCUT2D eigenvalue weighted by Gasteiger charge is 2.38. The van der Waals surface area contributed by atoms with E-state index >= 15 is 0 Å². The molecule has 96 valence electrons. The molecule has 1 fully saturated rings. The van der Waals surface area contributed by atoms with Crippen molar-refractivity contribution in [2.75, 3.05) is 13.2 Å². The van der Waals surface area contributed by atoms with Crippen LogP contribution in [0.15, 0.2) is 6.20 Å². The smallest absolute Gasteiger partial charge is 0.125 e. The van der Waals surface area contributed by atoms with Crippen molar-refractivity contribution in [2.24, 2.45) is 0 Å². The topological polar surface area (TPSA) is 34.2 Å². The van der Waals surface area contributed by atoms with Gasteiger partial charge in [-0.15, -0.1) is 11.3 Å². The van der Waals surface area contributed by atoms with Crippen molar-refractivity contribution >= 4 is 11.3 Å². The number of nitrogens with zero attached hydrogens (tertiary/aromatic N) is 1. The fourth-order valence-electron chi connectivity index (χ4n) is 2.49. The summed E-state index contributed by atoms with van der Waals surface area (Å²) in [6.07, 6.45) is 6.80. The monoisotopic (exact) mass is 254 g/mol. The molecule has 17 heavy (non-hydrogen) atoms. The van der Waals surface area contributed by atoms with Crippen LogP contribution in [0.4, 0.5) is 0 Å². The molecule has 3 nitrogen and oxygen atoms in total. The molecule has 0 amide bonds. The molecule has 1 aromatic heterocycles. The van der Waals surface area contributed by atoms with E-state index in [1.165, 1.54) is 22.7 Å². The molecule has 0 unspecified atom stereocenters. The second-order valence-corrected chi connectivity index (χ2v) is 5.66. The summed E-state index contributed by atoms with van der Waals surface area (Å²) in [7, 11) is 0. The number of nitrogens with one attached hydrogen (secondary N) is 1. The van der Waals surface area contributed by atoms with Crippen molar-refractivity contribution in [3.05, 3.63) is 16.1 Å². The highest BCUT2D eigenvalue weighted by Crippen LogP contribution is 2.43. The van der Waals surface area contributed by atoms with Crippen LogP contribution >= 0.6 is 11.3 Å². The summed E-state index contributed by atoms with van der Waals surface area (Å²) in [5.41, 5.74) is -0.0656. The maximum absolute atomic E-state index is 6.02. The number of aromatic nitrogens is 1. The van der Waals surface area contributed by atoms with Gasteiger partial charge < -0.3 is 10.1 Å². The van der Waals surface area contributed by atoms with Gasteiger partial charge in [0.2, 0.25) is 0 Å². The number of hydrogen-bond acceptors (Lipinski definition) is 4. The normalized spacial score (nSPS) is 18.7. The molecule has 4 heteroatoms. The van der Waals surface area contributed by atoms with Crippen LogP contribution in [-0.4, -0.2) is 18.1 Å². The Morgan fingerprint density at radius 2 is 2.18 bits per heavy atom. The van der Waals surface area contributed by atoms with Gasteiger partial charge >= 0.3 is 0 Å². The van der Waals surface area contributed by atoms with E-state index in [4.69, 9.17) is 4.74 Å². The number of rotatable bonds is 6. The lowest BCUT2D eigenvalue weighted by molar-refractivity contribution is -0.0391. The second-order valence-electron chi connectivity index (χ2n) is 4.55. The average molecular weight is 254 g/mol. The van der Waals surface area contributed by atoms with Crippen molar-refractivity contribution in [1.29, 1.82) is 0 Å². The van der Waals surface area contributed by atoms with E-state index < -0.39 is 0 Å². The van der Waals surface area contributed by atoms with Gasteiger partial charge in [-0.2, -0.15) is 0 Å². The first kappa shape index (κ1) is 13.0. The van der Waals surface area contributed by atoms with E-state index in [2.05, 4.69) is 24.1 Å². The molecular formula is C13H22N2OS. The van der Waals surface area contributed by atoms with Crippen LogP contribution < -0.4 is 5.32 Å². The first-order valence-corrected chi connectivity index (χ1v) is 7.42. The van der Waals surface area contributed by atoms with E-state index in [0.717, 1.165) is 32.5 Å². The van der Waals surface area contributed by atoms with Gasteiger partial charge in [-0.25, -0.2) is 4.98 Å². The maximum Gasteiger partial charge on any atom is 0.125 e. The average Bonchev–Trinajstić information content (AvgIpc) is 2.96. The van der Waals surface area contributed by atoms with Crippen molar-refractivity contribution < 1.29 is 4.74 Å². The highest BCUT2D eigenvalue weighted by molar-refractivity contribution is 7.11. The molecule has 0 aromatic carbocycles. The largest absolute Gasteiger partial charge is 0.368 e. The summed E-state index contributed by atoms with van der Waals surface area (Å²) < 4.78 is 6.02. The molecule has 1 N–H and O–H groups in total. The zero-order chi connectivity index (χ0) is 12.1. The van der Waals surface area contributed by atoms with Crippen LogP contribution in [0.3, 0.4) is 0 Å². The van der Waals surface area contributed by atoms with Gasteiger partial charge in [-0.05, 0) is 26.3 Å². The van der Waals surface area contributed by atoms with E-state index in [1.807, 2.05) is 17.5 Å². The predicted molar refractivity (Wildman–Crippen MR) is 71.3 cm³/mol. The first-order chi connectivity index (χ1) is 8.30. The SMILES string of the molecule is CCNCc1cnc(C2(OCC)CCCC2)s1. The minimum Gasteiger partial charge on any atom is -0.368 e. The van der Waals surface area contributed by atoms with E-state index in [9.17, 15) is 0 Å². The van der Waals surface area contributed by atoms with Crippen molar-refractivity contribution in [3.8, 4) is 0 Å². The number of hydrogen-bond donors (Lipinski definition) is 1. The number of ether oxygens (including phenoxy) is 1. The van der Waals surface area contributed by atoms with Gasteiger partial charge in [-0.3, -0.25) is 0 Å². The summed E-state index contributed by atoms with van der Waals surface area (Å²) in [4.78, 5) is 5.91. The van der Waals surface area contributed by atoms with Crippen LogP contribution in [0.2, 0.25) is 0 Å². The Labute approximate surface area is 108 Å². The summed E-state index contributed by atoms with van der Waals surface area (Å²) >= 11 is 1.81. The quantitative estimate of drug-likeness (QED) is 0.847. The standard InChI is InChI=1S/C13H22N2OS/c1-3-14-9-11-10-15-12(17-11)13(16-4-2)7-5-6-8-13/h10,14H,3-9H2,1-2H3. The Morgan fingerprint density at radius 1 is 1.41 bits per heavy atom. The Bertz CT molecular complexity index is 345. The Hall–Kier alpha value is -0.450. The molecule has 0 spiro atoms. The van der Waals surface area contributed by atoms with Gasteiger partial charge in [0.25, 0.3) is 0 Å². The fraction of sp³-hybridized carbons (Fsp3) is 0.769. The fourth-order valence-corrected chi connectivity index (χ4v) is 3.57. The van der Waals surface area contributed by atoms with E-state index in [0.29, 0.717) is 0 Å². The molecular weight excluding hydrogens is 232 g/mol. The Balaban J connectivity index is 2.10. The summed E-state index contributed by atoms with van der Waals surface area (Å²) in [5, 5.41) is 4.53. The molecule has 2 rings (SSSR count). The highest BCUT2D eigenvalue weighted by atomic mass is 32.1. The molecule has 1 heterocycles. The maximum atomic E-state index is 6.02. The minimum absolute atomic E-state index is 0.0656. The van der Waals surface area contributed by atoms with Gasteiger partial charge in [0.05, 0.1) is 0 Å². The lowest BCUT2D eigenvalue weighted by atomic mass is 10.0. The zero-order valence-electron chi connectivity index (χ0n) is 10.8. The molecule has 1 aliphatic rings. The molecule has 0 aliphatic heterocycles. The van der Waals surface area contributed by atoms with Crippen molar-refractivity contribution in [3.63, 3.8) is 0 Å². The molecule has 0 atom stereocenters. The first-order valence-electron chi connectivity index (χ1n) is 6.60. The van der Waals surface area contributed by atoms with Gasteiger partial charge in [0, 0.05) is 24.2 Å². The van der Waals surface area contributed by atoms with Crippen LogP contribution in [0.25, 0.3) is 0 Å². The third kappa shape index (κ3) is 2.87. The second kappa shape index (κ2) is 5.94. The van der Waals surface area contributed by atoms with Crippen molar-refractivity contribution in [2.45, 2.75) is 51.7 Å². The zero-order valence-corrected chi connectivity index (χ0v) is 11.6. The summed E-state index contributed by atoms with van der Waals surface area (Å²) in [5.74, 6) is 0. The van der Waals surface area contributed by atoms with Gasteiger partial charge in [0.1, 0.15) is 10.6 Å². The minimum atomic E-state index is -0.0656. The summed E-state index contributed by atoms with van der Waals surface area (Å²) in [6, 6.07) is 0. The molecule has 1 saturated carbocycles. The van der Waals surface area contributed by atoms with Crippen LogP contribution in [0, 0.1) is 0 Å². The predicted octanol–water partition coefficient (Wildman–Crippen LogP) is 3.06. The number of thiazole rings is 1. The van der Waals surface area contributed by atoms with Crippen LogP contribution in [0.5, 0.6) is 0 Å². The third-order valence-electron chi connectivity index (χ3n) is 3.32. The van der Waals surface area contributed by atoms with E-state index in [-0.39, 0.29) is 5.60 Å². The molecule has 1 aliphatic carbocycles. The lowest BCUT2D eigenvalue weighted by Gasteiger charge is -2.26. The Morgan fingerprint density at radius 3 is 2.82 bits per heavy atom. The molecule has 1 aromatic rings. The van der Waals surface area contributed by atoms with Crippen LogP contribution in [-0.2, 0) is 16.9 Å². The molecule has 0 radical (unpaired) electrons. The van der Waals surface area contributed by atoms with Gasteiger partial charge in [-0.1, -0.05) is 19.8 Å². The van der Waals surface area contributed by atoms with Crippen molar-refractivity contribution in [1.82, 2.24) is 10.3 Å². The Kier molecular flexibility index (Phi) is 4.54. The molecule has 0 saturated heterocycles.